The molecule has 4 heteroatoms. The first-order valence-electron chi connectivity index (χ1n) is 5.19. The Morgan fingerprint density at radius 1 is 1.29 bits per heavy atom. The van der Waals surface area contributed by atoms with Gasteiger partial charge in [0.25, 0.3) is 0 Å². The molecular weight excluding hydrogens is 178 g/mol. The van der Waals surface area contributed by atoms with Crippen LogP contribution in [0.3, 0.4) is 0 Å². The van der Waals surface area contributed by atoms with Gasteiger partial charge in [-0.3, -0.25) is 0 Å². The number of unbranched alkanes of at least 4 members (excludes halogenated alkanes) is 3. The third kappa shape index (κ3) is 3.47. The molecule has 4 nitrogen and oxygen atoms in total. The third-order valence-corrected chi connectivity index (χ3v) is 2.29. The molecule has 0 radical (unpaired) electrons. The monoisotopic (exact) mass is 197 g/mol. The number of nitrogens with zero attached hydrogens (tertiary/aromatic N) is 2. The molecule has 1 rings (SSSR count). The minimum Gasteiger partial charge on any atom is -0.396 e. The first kappa shape index (κ1) is 11.2. The fourth-order valence-corrected chi connectivity index (χ4v) is 1.48. The molecule has 3 N–H and O–H groups in total. The number of aryl methyl sites for hydroxylation is 1. The highest BCUT2D eigenvalue weighted by Gasteiger charge is 1.98. The van der Waals surface area contributed by atoms with Crippen molar-refractivity contribution in [2.75, 3.05) is 6.61 Å². The molecule has 1 aromatic rings. The van der Waals surface area contributed by atoms with Crippen molar-refractivity contribution >= 4 is 0 Å². The molecule has 0 aliphatic rings. The number of aliphatic hydroxyl groups is 1. The normalized spacial score (nSPS) is 10.7. The molecule has 0 aromatic carbocycles. The topological polar surface area (TPSA) is 64.1 Å². The molecular formula is C10H19N3O. The lowest BCUT2D eigenvalue weighted by atomic mass is 10.2. The summed E-state index contributed by atoms with van der Waals surface area (Å²) in [5.41, 5.74) is 5.53. The molecule has 0 saturated carbocycles. The Morgan fingerprint density at radius 3 is 2.79 bits per heavy atom. The summed E-state index contributed by atoms with van der Waals surface area (Å²) in [6, 6.07) is 0. The maximum atomic E-state index is 8.60. The van der Waals surface area contributed by atoms with E-state index in [0.717, 1.165) is 38.1 Å². The van der Waals surface area contributed by atoms with Gasteiger partial charge in [-0.2, -0.15) is 0 Å². The lowest BCUT2D eigenvalue weighted by Gasteiger charge is -2.05. The van der Waals surface area contributed by atoms with Crippen LogP contribution in [0.2, 0.25) is 0 Å². The van der Waals surface area contributed by atoms with Crippen LogP contribution < -0.4 is 5.73 Å². The lowest BCUT2D eigenvalue weighted by Crippen LogP contribution is -2.08. The van der Waals surface area contributed by atoms with Crippen LogP contribution in [0.1, 0.15) is 31.5 Å². The highest BCUT2D eigenvalue weighted by molar-refractivity contribution is 4.90. The smallest absolute Gasteiger partial charge is 0.122 e. The van der Waals surface area contributed by atoms with Crippen molar-refractivity contribution in [2.45, 2.75) is 38.8 Å². The van der Waals surface area contributed by atoms with Crippen LogP contribution in [-0.4, -0.2) is 21.3 Å². The Labute approximate surface area is 84.8 Å². The fraction of sp³-hybridized carbons (Fsp3) is 0.700. The van der Waals surface area contributed by atoms with Gasteiger partial charge in [0, 0.05) is 25.5 Å². The summed E-state index contributed by atoms with van der Waals surface area (Å²) in [5.74, 6) is 0.951. The Morgan fingerprint density at radius 2 is 2.07 bits per heavy atom. The maximum absolute atomic E-state index is 8.60. The van der Waals surface area contributed by atoms with E-state index in [2.05, 4.69) is 9.55 Å². The van der Waals surface area contributed by atoms with Crippen LogP contribution in [0.25, 0.3) is 0 Å². The molecule has 0 fully saturated rings. The number of hydrogen-bond acceptors (Lipinski definition) is 3. The van der Waals surface area contributed by atoms with Gasteiger partial charge in [0.15, 0.2) is 0 Å². The Hall–Kier alpha value is -0.870. The average molecular weight is 197 g/mol. The van der Waals surface area contributed by atoms with Gasteiger partial charge < -0.3 is 15.4 Å². The maximum Gasteiger partial charge on any atom is 0.122 e. The van der Waals surface area contributed by atoms with Gasteiger partial charge in [0.05, 0.1) is 6.54 Å². The highest BCUT2D eigenvalue weighted by atomic mass is 16.2. The van der Waals surface area contributed by atoms with Gasteiger partial charge in [0.1, 0.15) is 5.82 Å². The number of hydrogen-bond donors (Lipinski definition) is 2. The second-order valence-electron chi connectivity index (χ2n) is 3.38. The van der Waals surface area contributed by atoms with Crippen LogP contribution in [0.4, 0.5) is 0 Å². The molecule has 0 unspecified atom stereocenters. The van der Waals surface area contributed by atoms with Crippen molar-refractivity contribution in [3.05, 3.63) is 18.2 Å². The molecule has 0 aliphatic heterocycles. The van der Waals surface area contributed by atoms with Crippen molar-refractivity contribution in [3.63, 3.8) is 0 Å². The standard InChI is InChI=1S/C10H19N3O/c11-9-10-12-5-7-13(10)6-3-1-2-4-8-14/h5,7,14H,1-4,6,8-9,11H2. The van der Waals surface area contributed by atoms with Crippen LogP contribution in [0, 0.1) is 0 Å². The molecule has 1 aromatic heterocycles. The van der Waals surface area contributed by atoms with Crippen molar-refractivity contribution in [1.82, 2.24) is 9.55 Å². The first-order valence-corrected chi connectivity index (χ1v) is 5.19. The van der Waals surface area contributed by atoms with Gasteiger partial charge in [-0.25, -0.2) is 4.98 Å². The van der Waals surface area contributed by atoms with E-state index in [1.54, 1.807) is 6.20 Å². The molecule has 14 heavy (non-hydrogen) atoms. The third-order valence-electron chi connectivity index (χ3n) is 2.29. The predicted molar refractivity (Wildman–Crippen MR) is 55.7 cm³/mol. The zero-order chi connectivity index (χ0) is 10.2. The van der Waals surface area contributed by atoms with Gasteiger partial charge in [-0.15, -0.1) is 0 Å². The largest absolute Gasteiger partial charge is 0.396 e. The molecule has 80 valence electrons. The van der Waals surface area contributed by atoms with Gasteiger partial charge in [0.2, 0.25) is 0 Å². The number of imidazole rings is 1. The van der Waals surface area contributed by atoms with E-state index in [4.69, 9.17) is 10.8 Å². The van der Waals surface area contributed by atoms with Crippen LogP contribution in [0.5, 0.6) is 0 Å². The summed E-state index contributed by atoms with van der Waals surface area (Å²) in [7, 11) is 0. The number of nitrogens with two attached hydrogens (primary N) is 1. The molecule has 0 atom stereocenters. The van der Waals surface area contributed by atoms with Crippen LogP contribution >= 0.6 is 0 Å². The highest BCUT2D eigenvalue weighted by Crippen LogP contribution is 2.04. The van der Waals surface area contributed by atoms with Crippen LogP contribution in [0.15, 0.2) is 12.4 Å². The van der Waals surface area contributed by atoms with Gasteiger partial charge in [-0.1, -0.05) is 12.8 Å². The van der Waals surface area contributed by atoms with E-state index in [9.17, 15) is 0 Å². The van der Waals surface area contributed by atoms with E-state index >= 15 is 0 Å². The van der Waals surface area contributed by atoms with E-state index in [1.807, 2.05) is 6.20 Å². The van der Waals surface area contributed by atoms with Crippen molar-refractivity contribution in [1.29, 1.82) is 0 Å². The molecule has 0 spiro atoms. The van der Waals surface area contributed by atoms with Crippen molar-refractivity contribution in [2.24, 2.45) is 5.73 Å². The Bertz CT molecular complexity index is 247. The SMILES string of the molecule is NCc1nccn1CCCCCCO. The summed E-state index contributed by atoms with van der Waals surface area (Å²) in [6.07, 6.45) is 8.05. The number of aliphatic hydroxyl groups excluding tert-OH is 1. The van der Waals surface area contributed by atoms with E-state index in [0.29, 0.717) is 13.2 Å². The Kier molecular flexibility index (Phi) is 5.25. The van der Waals surface area contributed by atoms with Gasteiger partial charge >= 0.3 is 0 Å². The number of rotatable bonds is 7. The van der Waals surface area contributed by atoms with Crippen molar-refractivity contribution < 1.29 is 5.11 Å². The number of aromatic nitrogens is 2. The minimum atomic E-state index is 0.305. The zero-order valence-electron chi connectivity index (χ0n) is 8.52. The molecule has 0 saturated heterocycles. The lowest BCUT2D eigenvalue weighted by molar-refractivity contribution is 0.282. The second kappa shape index (κ2) is 6.56. The molecule has 0 bridgehead atoms. The zero-order valence-corrected chi connectivity index (χ0v) is 8.52. The molecule has 0 amide bonds. The quantitative estimate of drug-likeness (QED) is 0.638. The van der Waals surface area contributed by atoms with E-state index in [1.165, 1.54) is 0 Å². The van der Waals surface area contributed by atoms with Gasteiger partial charge in [-0.05, 0) is 12.8 Å². The minimum absolute atomic E-state index is 0.305. The Balaban J connectivity index is 2.17. The fourth-order valence-electron chi connectivity index (χ4n) is 1.48. The summed E-state index contributed by atoms with van der Waals surface area (Å²) in [6.45, 7) is 1.79. The second-order valence-corrected chi connectivity index (χ2v) is 3.38. The van der Waals surface area contributed by atoms with E-state index in [-0.39, 0.29) is 0 Å². The summed E-state index contributed by atoms with van der Waals surface area (Å²) in [5, 5.41) is 8.60. The summed E-state index contributed by atoms with van der Waals surface area (Å²) in [4.78, 5) is 4.15. The summed E-state index contributed by atoms with van der Waals surface area (Å²) >= 11 is 0. The first-order chi connectivity index (χ1) is 6.88. The van der Waals surface area contributed by atoms with Crippen LogP contribution in [-0.2, 0) is 13.1 Å². The van der Waals surface area contributed by atoms with Crippen molar-refractivity contribution in [3.8, 4) is 0 Å². The average Bonchev–Trinajstić information content (AvgIpc) is 2.65. The molecule has 0 aliphatic carbocycles. The summed E-state index contributed by atoms with van der Waals surface area (Å²) < 4.78 is 2.10. The van der Waals surface area contributed by atoms with E-state index < -0.39 is 0 Å². The predicted octanol–water partition coefficient (Wildman–Crippen LogP) is 0.894. The molecule has 1 heterocycles.